The molecule has 3 rings (SSSR count). The quantitative estimate of drug-likeness (QED) is 0.454. The maximum atomic E-state index is 14.1. The fourth-order valence-electron chi connectivity index (χ4n) is 3.22. The van der Waals surface area contributed by atoms with Gasteiger partial charge >= 0.3 is 0 Å². The summed E-state index contributed by atoms with van der Waals surface area (Å²) < 4.78 is 28.2. The number of hydrogen-bond acceptors (Lipinski definition) is 6. The van der Waals surface area contributed by atoms with Crippen LogP contribution in [-0.2, 0) is 4.79 Å². The first-order valence-corrected chi connectivity index (χ1v) is 8.67. The highest BCUT2D eigenvalue weighted by molar-refractivity contribution is 6.24. The van der Waals surface area contributed by atoms with Crippen LogP contribution in [0.5, 0.6) is 0 Å². The van der Waals surface area contributed by atoms with Gasteiger partial charge in [-0.25, -0.2) is 8.78 Å². The molecule has 0 spiro atoms. The van der Waals surface area contributed by atoms with Gasteiger partial charge in [0.15, 0.2) is 11.6 Å². The summed E-state index contributed by atoms with van der Waals surface area (Å²) in [4.78, 5) is 50.0. The third-order valence-electron chi connectivity index (χ3n) is 4.62. The van der Waals surface area contributed by atoms with E-state index in [9.17, 15) is 33.3 Å². The average Bonchev–Trinajstić information content (AvgIpc) is 2.90. The molecule has 2 aromatic rings. The monoisotopic (exact) mass is 418 g/mol. The van der Waals surface area contributed by atoms with Crippen molar-refractivity contribution in [1.82, 2.24) is 4.90 Å². The molecule has 11 heteroatoms. The predicted molar refractivity (Wildman–Crippen MR) is 102 cm³/mol. The first-order valence-electron chi connectivity index (χ1n) is 8.67. The fourth-order valence-corrected chi connectivity index (χ4v) is 3.22. The van der Waals surface area contributed by atoms with Gasteiger partial charge in [-0.2, -0.15) is 0 Å². The highest BCUT2D eigenvalue weighted by atomic mass is 19.1. The SMILES string of the molecule is CC(C(=O)Nc1cc(F)c(N(C)C)c(F)c1)N1C(=O)c2cccc([N+](=O)[O-])c2C1=O. The van der Waals surface area contributed by atoms with Crippen LogP contribution in [0.15, 0.2) is 30.3 Å². The van der Waals surface area contributed by atoms with Crippen LogP contribution in [-0.4, -0.2) is 47.7 Å². The van der Waals surface area contributed by atoms with E-state index in [1.165, 1.54) is 38.1 Å². The van der Waals surface area contributed by atoms with E-state index >= 15 is 0 Å². The Morgan fingerprint density at radius 3 is 2.30 bits per heavy atom. The summed E-state index contributed by atoms with van der Waals surface area (Å²) in [5.74, 6) is -4.60. The second-order valence-electron chi connectivity index (χ2n) is 6.79. The molecule has 0 saturated carbocycles. The van der Waals surface area contributed by atoms with E-state index in [-0.39, 0.29) is 16.9 Å². The Morgan fingerprint density at radius 1 is 1.17 bits per heavy atom. The first kappa shape index (κ1) is 20.8. The molecule has 156 valence electrons. The first-order chi connectivity index (χ1) is 14.0. The van der Waals surface area contributed by atoms with Gasteiger partial charge in [0.2, 0.25) is 5.91 Å². The average molecular weight is 418 g/mol. The van der Waals surface area contributed by atoms with Gasteiger partial charge in [-0.15, -0.1) is 0 Å². The number of nitrogens with one attached hydrogen (secondary N) is 1. The van der Waals surface area contributed by atoms with Gasteiger partial charge in [0.1, 0.15) is 17.3 Å². The standard InChI is InChI=1S/C19H16F2N4O5/c1-9(17(26)22-10-7-12(20)16(23(2)3)13(21)8-10)24-18(27)11-5-4-6-14(25(29)30)15(11)19(24)28/h4-9H,1-3H3,(H,22,26). The van der Waals surface area contributed by atoms with E-state index < -0.39 is 51.6 Å². The molecular weight excluding hydrogens is 402 g/mol. The van der Waals surface area contributed by atoms with Gasteiger partial charge in [-0.05, 0) is 25.1 Å². The molecule has 0 radical (unpaired) electrons. The van der Waals surface area contributed by atoms with Gasteiger partial charge in [0.05, 0.1) is 10.5 Å². The Labute approximate surface area is 169 Å². The van der Waals surface area contributed by atoms with Gasteiger partial charge in [-0.3, -0.25) is 29.4 Å². The van der Waals surface area contributed by atoms with Crippen LogP contribution >= 0.6 is 0 Å². The number of amides is 3. The number of nitro groups is 1. The van der Waals surface area contributed by atoms with E-state index in [2.05, 4.69) is 5.32 Å². The van der Waals surface area contributed by atoms with Crippen molar-refractivity contribution < 1.29 is 28.1 Å². The van der Waals surface area contributed by atoms with Crippen LogP contribution in [0.4, 0.5) is 25.8 Å². The molecule has 0 saturated heterocycles. The third-order valence-corrected chi connectivity index (χ3v) is 4.62. The maximum Gasteiger partial charge on any atom is 0.282 e. The van der Waals surface area contributed by atoms with Crippen LogP contribution in [0, 0.1) is 21.7 Å². The number of carbonyl (C=O) groups is 3. The number of imide groups is 1. The van der Waals surface area contributed by atoms with Crippen molar-refractivity contribution in [2.24, 2.45) is 0 Å². The lowest BCUT2D eigenvalue weighted by Gasteiger charge is -2.22. The second-order valence-corrected chi connectivity index (χ2v) is 6.79. The Morgan fingerprint density at radius 2 is 1.77 bits per heavy atom. The fraction of sp³-hybridized carbons (Fsp3) is 0.211. The van der Waals surface area contributed by atoms with Gasteiger partial charge in [0.25, 0.3) is 17.5 Å². The van der Waals surface area contributed by atoms with Crippen LogP contribution < -0.4 is 10.2 Å². The highest BCUT2D eigenvalue weighted by Crippen LogP contribution is 2.32. The number of hydrogen-bond donors (Lipinski definition) is 1. The molecule has 30 heavy (non-hydrogen) atoms. The van der Waals surface area contributed by atoms with E-state index in [4.69, 9.17) is 0 Å². The number of benzene rings is 2. The van der Waals surface area contributed by atoms with Crippen molar-refractivity contribution in [3.8, 4) is 0 Å². The molecule has 1 unspecified atom stereocenters. The van der Waals surface area contributed by atoms with Crippen molar-refractivity contribution in [3.63, 3.8) is 0 Å². The lowest BCUT2D eigenvalue weighted by atomic mass is 10.1. The summed E-state index contributed by atoms with van der Waals surface area (Å²) in [5.41, 5.74) is -1.66. The Hall–Kier alpha value is -3.89. The van der Waals surface area contributed by atoms with Gasteiger partial charge < -0.3 is 10.2 Å². The van der Waals surface area contributed by atoms with Crippen molar-refractivity contribution >= 4 is 34.8 Å². The lowest BCUT2D eigenvalue weighted by molar-refractivity contribution is -0.385. The molecule has 1 atom stereocenters. The minimum absolute atomic E-state index is 0.193. The van der Waals surface area contributed by atoms with E-state index in [0.29, 0.717) is 4.90 Å². The number of carbonyl (C=O) groups excluding carboxylic acids is 3. The van der Waals surface area contributed by atoms with Crippen LogP contribution in [0.25, 0.3) is 0 Å². The topological polar surface area (TPSA) is 113 Å². The largest absolute Gasteiger partial charge is 0.373 e. The zero-order valence-corrected chi connectivity index (χ0v) is 16.1. The smallest absolute Gasteiger partial charge is 0.282 e. The van der Waals surface area contributed by atoms with Crippen molar-refractivity contribution in [2.75, 3.05) is 24.3 Å². The molecule has 0 aromatic heterocycles. The van der Waals surface area contributed by atoms with Crippen LogP contribution in [0.3, 0.4) is 0 Å². The van der Waals surface area contributed by atoms with E-state index in [1.807, 2.05) is 0 Å². The minimum atomic E-state index is -1.39. The molecule has 0 fully saturated rings. The Balaban J connectivity index is 1.87. The number of nitrogens with zero attached hydrogens (tertiary/aromatic N) is 3. The predicted octanol–water partition coefficient (Wildman–Crippen LogP) is 2.56. The van der Waals surface area contributed by atoms with Gasteiger partial charge in [0, 0.05) is 25.8 Å². The third kappa shape index (κ3) is 3.34. The van der Waals surface area contributed by atoms with Crippen molar-refractivity contribution in [3.05, 3.63) is 63.2 Å². The summed E-state index contributed by atoms with van der Waals surface area (Å²) in [6, 6.07) is 3.99. The number of nitro benzene ring substituents is 1. The summed E-state index contributed by atoms with van der Waals surface area (Å²) in [6.45, 7) is 1.23. The van der Waals surface area contributed by atoms with Crippen molar-refractivity contribution in [2.45, 2.75) is 13.0 Å². The summed E-state index contributed by atoms with van der Waals surface area (Å²) in [7, 11) is 2.90. The molecular formula is C19H16F2N4O5. The molecule has 0 bridgehead atoms. The summed E-state index contributed by atoms with van der Waals surface area (Å²) in [6.07, 6.45) is 0. The molecule has 1 N–H and O–H groups in total. The second kappa shape index (κ2) is 7.50. The molecule has 9 nitrogen and oxygen atoms in total. The number of fused-ring (bicyclic) bond motifs is 1. The molecule has 3 amide bonds. The normalized spacial score (nSPS) is 13.8. The van der Waals surface area contributed by atoms with E-state index in [0.717, 1.165) is 18.2 Å². The Bertz CT molecular complexity index is 1080. The Kier molecular flexibility index (Phi) is 5.21. The summed E-state index contributed by atoms with van der Waals surface area (Å²) >= 11 is 0. The molecule has 1 aliphatic rings. The van der Waals surface area contributed by atoms with Crippen LogP contribution in [0.2, 0.25) is 0 Å². The molecule has 2 aromatic carbocycles. The zero-order chi connectivity index (χ0) is 22.3. The molecule has 1 heterocycles. The minimum Gasteiger partial charge on any atom is -0.373 e. The highest BCUT2D eigenvalue weighted by Gasteiger charge is 2.44. The number of halogens is 2. The number of anilines is 2. The lowest BCUT2D eigenvalue weighted by Crippen LogP contribution is -2.45. The van der Waals surface area contributed by atoms with Crippen molar-refractivity contribution in [1.29, 1.82) is 0 Å². The maximum absolute atomic E-state index is 14.1. The summed E-state index contributed by atoms with van der Waals surface area (Å²) in [5, 5.41) is 13.4. The van der Waals surface area contributed by atoms with E-state index in [1.54, 1.807) is 0 Å². The number of rotatable bonds is 5. The van der Waals surface area contributed by atoms with Crippen LogP contribution in [0.1, 0.15) is 27.6 Å². The molecule has 1 aliphatic heterocycles. The molecule has 0 aliphatic carbocycles. The van der Waals surface area contributed by atoms with Gasteiger partial charge in [-0.1, -0.05) is 6.07 Å². The zero-order valence-electron chi connectivity index (χ0n) is 16.1.